The van der Waals surface area contributed by atoms with Crippen molar-refractivity contribution in [1.29, 1.82) is 0 Å². The smallest absolute Gasteiger partial charge is 0.407 e. The molecule has 2 aliphatic rings. The van der Waals surface area contributed by atoms with Gasteiger partial charge in [-0.05, 0) is 24.5 Å². The lowest BCUT2D eigenvalue weighted by Gasteiger charge is -2.34. The maximum absolute atomic E-state index is 13.3. The van der Waals surface area contributed by atoms with Gasteiger partial charge in [-0.1, -0.05) is 6.08 Å². The van der Waals surface area contributed by atoms with Crippen LogP contribution in [0.15, 0.2) is 24.5 Å². The number of nitrogen functional groups attached to an aromatic ring is 1. The number of carbonyl (C=O) groups is 2. The summed E-state index contributed by atoms with van der Waals surface area (Å²) in [6.07, 6.45) is 0.912. The summed E-state index contributed by atoms with van der Waals surface area (Å²) in [6, 6.07) is 2.82. The van der Waals surface area contributed by atoms with Crippen LogP contribution in [0.4, 0.5) is 25.1 Å². The van der Waals surface area contributed by atoms with Crippen molar-refractivity contribution in [3.05, 3.63) is 40.0 Å². The van der Waals surface area contributed by atoms with Crippen LogP contribution in [0.3, 0.4) is 0 Å². The molecule has 0 spiro atoms. The van der Waals surface area contributed by atoms with E-state index in [1.807, 2.05) is 12.1 Å². The summed E-state index contributed by atoms with van der Waals surface area (Å²) < 4.78 is 33.7. The molecule has 0 bridgehead atoms. The van der Waals surface area contributed by atoms with Crippen molar-refractivity contribution in [1.82, 2.24) is 24.8 Å². The third-order valence-corrected chi connectivity index (χ3v) is 7.81. The minimum Gasteiger partial charge on any atom is -0.491 e. The number of carboxylic acid groups (broad SMARTS) is 1. The first-order valence-electron chi connectivity index (χ1n) is 12.4. The van der Waals surface area contributed by atoms with Crippen molar-refractivity contribution in [3.8, 4) is 5.75 Å². The predicted octanol–water partition coefficient (Wildman–Crippen LogP) is 2.42. The summed E-state index contributed by atoms with van der Waals surface area (Å²) in [5.41, 5.74) is 14.6. The second-order valence-corrected chi connectivity index (χ2v) is 10.3. The fourth-order valence-electron chi connectivity index (χ4n) is 4.90. The van der Waals surface area contributed by atoms with Crippen LogP contribution in [0.25, 0.3) is 11.1 Å². The van der Waals surface area contributed by atoms with E-state index in [-0.39, 0.29) is 53.6 Å². The SMILES string of the molecule is NCCOc1cc(C(F)F)sc1C(=O)NC1CCCN(c2cc(C3=CCN(C(=O)O)C3)n3ncnc(N)c23)C1. The topological polar surface area (TPSA) is 164 Å². The van der Waals surface area contributed by atoms with Gasteiger partial charge < -0.3 is 36.4 Å². The zero-order valence-electron chi connectivity index (χ0n) is 20.8. The average molecular weight is 563 g/mol. The maximum atomic E-state index is 13.3. The molecular weight excluding hydrogens is 534 g/mol. The fourth-order valence-corrected chi connectivity index (χ4v) is 5.76. The Morgan fingerprint density at radius 3 is 2.87 bits per heavy atom. The number of hydrogen-bond donors (Lipinski definition) is 4. The molecule has 6 N–H and O–H groups in total. The number of anilines is 2. The number of rotatable bonds is 8. The van der Waals surface area contributed by atoms with Gasteiger partial charge in [0, 0.05) is 38.3 Å². The van der Waals surface area contributed by atoms with Gasteiger partial charge in [0.25, 0.3) is 12.3 Å². The summed E-state index contributed by atoms with van der Waals surface area (Å²) >= 11 is 0.705. The number of nitrogens with two attached hydrogens (primary N) is 2. The Morgan fingerprint density at radius 1 is 1.33 bits per heavy atom. The summed E-state index contributed by atoms with van der Waals surface area (Å²) in [5.74, 6) is -0.119. The van der Waals surface area contributed by atoms with E-state index in [1.165, 1.54) is 17.3 Å². The van der Waals surface area contributed by atoms with Crippen LogP contribution < -0.4 is 26.4 Å². The second kappa shape index (κ2) is 11.0. The minimum atomic E-state index is -2.72. The standard InChI is InChI=1S/C24H28F2N8O4S/c25-21(26)18-9-17(38-7-4-27)20(39-18)23(35)31-14-2-1-5-32(11-14)16-8-15(13-3-6-33(10-13)24(36)37)34-19(16)22(28)29-12-30-34/h3,8-9,12,14,21H,1-2,4-7,10-11,27H2,(H,31,35)(H,36,37)(H2,28,29,30). The number of thiophene rings is 1. The molecule has 0 saturated carbocycles. The molecule has 1 saturated heterocycles. The molecule has 2 amide bonds. The van der Waals surface area contributed by atoms with Gasteiger partial charge in [0.1, 0.15) is 29.1 Å². The second-order valence-electron chi connectivity index (χ2n) is 9.25. The van der Waals surface area contributed by atoms with Crippen LogP contribution in [-0.4, -0.2) is 82.0 Å². The lowest BCUT2D eigenvalue weighted by molar-refractivity contribution is 0.0933. The quantitative estimate of drug-likeness (QED) is 0.323. The van der Waals surface area contributed by atoms with Gasteiger partial charge in [-0.25, -0.2) is 23.1 Å². The molecule has 15 heteroatoms. The number of aromatic nitrogens is 3. The predicted molar refractivity (Wildman–Crippen MR) is 142 cm³/mol. The third kappa shape index (κ3) is 5.31. The van der Waals surface area contributed by atoms with Gasteiger partial charge in [0.2, 0.25) is 0 Å². The van der Waals surface area contributed by atoms with Gasteiger partial charge in [0.15, 0.2) is 5.82 Å². The highest BCUT2D eigenvalue weighted by Crippen LogP contribution is 2.37. The number of nitrogens with zero attached hydrogens (tertiary/aromatic N) is 5. The largest absolute Gasteiger partial charge is 0.491 e. The Balaban J connectivity index is 1.38. The van der Waals surface area contributed by atoms with Crippen LogP contribution in [-0.2, 0) is 0 Å². The normalized spacial score (nSPS) is 17.6. The number of amides is 2. The molecule has 0 aromatic carbocycles. The molecule has 5 rings (SSSR count). The summed E-state index contributed by atoms with van der Waals surface area (Å²) in [5, 5.41) is 16.7. The van der Waals surface area contributed by atoms with E-state index >= 15 is 0 Å². The van der Waals surface area contributed by atoms with Crippen LogP contribution in [0.1, 0.15) is 39.5 Å². The van der Waals surface area contributed by atoms with Crippen molar-refractivity contribution < 1.29 is 28.2 Å². The van der Waals surface area contributed by atoms with E-state index in [0.717, 1.165) is 17.7 Å². The lowest BCUT2D eigenvalue weighted by atomic mass is 10.0. The van der Waals surface area contributed by atoms with Crippen LogP contribution in [0.5, 0.6) is 5.75 Å². The molecule has 3 aromatic rings. The average Bonchev–Trinajstić information content (AvgIpc) is 3.65. The van der Waals surface area contributed by atoms with E-state index in [1.54, 1.807) is 4.52 Å². The van der Waals surface area contributed by atoms with E-state index in [0.29, 0.717) is 42.1 Å². The van der Waals surface area contributed by atoms with Crippen molar-refractivity contribution >= 4 is 45.9 Å². The van der Waals surface area contributed by atoms with E-state index in [9.17, 15) is 23.5 Å². The van der Waals surface area contributed by atoms with E-state index < -0.39 is 18.4 Å². The summed E-state index contributed by atoms with van der Waals surface area (Å²) in [4.78, 5) is 31.9. The zero-order valence-corrected chi connectivity index (χ0v) is 21.7. The maximum Gasteiger partial charge on any atom is 0.407 e. The Bertz CT molecular complexity index is 1420. The highest BCUT2D eigenvalue weighted by Gasteiger charge is 2.30. The molecule has 1 fully saturated rings. The Morgan fingerprint density at radius 2 is 2.15 bits per heavy atom. The molecule has 1 unspecified atom stereocenters. The number of fused-ring (bicyclic) bond motifs is 1. The number of hydrogen-bond acceptors (Lipinski definition) is 9. The fraction of sp³-hybridized carbons (Fsp3) is 0.417. The van der Waals surface area contributed by atoms with Crippen LogP contribution >= 0.6 is 11.3 Å². The molecule has 3 aromatic heterocycles. The summed E-state index contributed by atoms with van der Waals surface area (Å²) in [7, 11) is 0. The van der Waals surface area contributed by atoms with Crippen LogP contribution in [0.2, 0.25) is 0 Å². The number of alkyl halides is 2. The van der Waals surface area contributed by atoms with Crippen molar-refractivity contribution in [3.63, 3.8) is 0 Å². The van der Waals surface area contributed by atoms with Crippen molar-refractivity contribution in [2.24, 2.45) is 5.73 Å². The molecule has 12 nitrogen and oxygen atoms in total. The van der Waals surface area contributed by atoms with Gasteiger partial charge in [0.05, 0.1) is 22.8 Å². The molecular formula is C24H28F2N8O4S. The molecule has 1 atom stereocenters. The monoisotopic (exact) mass is 562 g/mol. The zero-order chi connectivity index (χ0) is 27.7. The Labute approximate surface area is 225 Å². The number of piperidine rings is 1. The van der Waals surface area contributed by atoms with Gasteiger partial charge >= 0.3 is 6.09 Å². The first kappa shape index (κ1) is 26.6. The highest BCUT2D eigenvalue weighted by atomic mass is 32.1. The van der Waals surface area contributed by atoms with Gasteiger partial charge in [-0.15, -0.1) is 11.3 Å². The molecule has 5 heterocycles. The van der Waals surface area contributed by atoms with Crippen molar-refractivity contribution in [2.75, 3.05) is 50.0 Å². The third-order valence-electron chi connectivity index (χ3n) is 6.69. The minimum absolute atomic E-state index is 0.0845. The number of halogens is 2. The van der Waals surface area contributed by atoms with Crippen LogP contribution in [0, 0.1) is 0 Å². The first-order valence-corrected chi connectivity index (χ1v) is 13.2. The molecule has 39 heavy (non-hydrogen) atoms. The lowest BCUT2D eigenvalue weighted by Crippen LogP contribution is -2.47. The highest BCUT2D eigenvalue weighted by molar-refractivity contribution is 7.14. The van der Waals surface area contributed by atoms with Gasteiger partial charge in [-0.3, -0.25) is 4.79 Å². The molecule has 0 radical (unpaired) electrons. The van der Waals surface area contributed by atoms with E-state index in [4.69, 9.17) is 16.2 Å². The summed E-state index contributed by atoms with van der Waals surface area (Å²) in [6.45, 7) is 1.90. The number of nitrogens with one attached hydrogen (secondary N) is 1. The molecule has 2 aliphatic heterocycles. The Kier molecular flexibility index (Phi) is 7.52. The molecule has 208 valence electrons. The van der Waals surface area contributed by atoms with E-state index in [2.05, 4.69) is 20.3 Å². The van der Waals surface area contributed by atoms with Crippen molar-refractivity contribution in [2.45, 2.75) is 25.3 Å². The number of ether oxygens (including phenoxy) is 1. The molecule has 0 aliphatic carbocycles. The van der Waals surface area contributed by atoms with Gasteiger partial charge in [-0.2, -0.15) is 5.10 Å². The number of carbonyl (C=O) groups excluding carboxylic acids is 1. The Hall–Kier alpha value is -3.98. The first-order chi connectivity index (χ1) is 18.8.